The number of hydrogen-bond acceptors (Lipinski definition) is 2. The van der Waals surface area contributed by atoms with E-state index in [0.717, 1.165) is 12.2 Å². The number of para-hydroxylation sites is 1. The van der Waals surface area contributed by atoms with Crippen LogP contribution in [0.15, 0.2) is 18.2 Å². The van der Waals surface area contributed by atoms with E-state index in [2.05, 4.69) is 51.2 Å². The van der Waals surface area contributed by atoms with Gasteiger partial charge in [-0.05, 0) is 31.4 Å². The van der Waals surface area contributed by atoms with Gasteiger partial charge in [-0.15, -0.1) is 12.4 Å². The highest BCUT2D eigenvalue weighted by Gasteiger charge is 2.10. The van der Waals surface area contributed by atoms with Gasteiger partial charge in [0.15, 0.2) is 0 Å². The minimum Gasteiger partial charge on any atom is -0.496 e. The van der Waals surface area contributed by atoms with Gasteiger partial charge >= 0.3 is 0 Å². The Morgan fingerprint density at radius 2 is 1.88 bits per heavy atom. The normalized spacial score (nSPS) is 12.1. The summed E-state index contributed by atoms with van der Waals surface area (Å²) in [6.45, 7) is 8.64. The topological polar surface area (TPSA) is 21.3 Å². The van der Waals surface area contributed by atoms with Crippen molar-refractivity contribution in [1.29, 1.82) is 0 Å². The zero-order chi connectivity index (χ0) is 12.1. The molecule has 0 fully saturated rings. The van der Waals surface area contributed by atoms with Crippen LogP contribution in [0.2, 0.25) is 0 Å². The maximum absolute atomic E-state index is 5.45. The van der Waals surface area contributed by atoms with Crippen LogP contribution in [-0.4, -0.2) is 19.2 Å². The molecule has 0 aliphatic rings. The summed E-state index contributed by atoms with van der Waals surface area (Å²) in [5.74, 6) is 1.03. The lowest BCUT2D eigenvalue weighted by Gasteiger charge is -2.19. The number of hydrogen-bond donors (Lipinski definition) is 1. The van der Waals surface area contributed by atoms with E-state index in [4.69, 9.17) is 4.74 Å². The van der Waals surface area contributed by atoms with E-state index in [1.807, 2.05) is 0 Å². The van der Waals surface area contributed by atoms with Crippen molar-refractivity contribution in [3.8, 4) is 5.75 Å². The Labute approximate surface area is 111 Å². The minimum atomic E-state index is 0. The van der Waals surface area contributed by atoms with Crippen molar-refractivity contribution in [1.82, 2.24) is 5.32 Å². The standard InChI is InChI=1S/C14H23NO.ClH/c1-10(2)15-12(4)9-13-8-6-7-11(3)14(13)16-5;/h6-8,10,12,15H,9H2,1-5H3;1H. The Bertz CT molecular complexity index is 339. The lowest BCUT2D eigenvalue weighted by atomic mass is 10.0. The number of nitrogens with one attached hydrogen (secondary N) is 1. The lowest BCUT2D eigenvalue weighted by Crippen LogP contribution is -2.33. The summed E-state index contributed by atoms with van der Waals surface area (Å²) in [6.07, 6.45) is 1.00. The molecule has 0 saturated carbocycles. The van der Waals surface area contributed by atoms with Crippen LogP contribution in [-0.2, 0) is 6.42 Å². The maximum atomic E-state index is 5.45. The average Bonchev–Trinajstić information content (AvgIpc) is 2.16. The molecule has 1 unspecified atom stereocenters. The number of ether oxygens (including phenoxy) is 1. The molecule has 1 aromatic carbocycles. The molecule has 1 N–H and O–H groups in total. The Hall–Kier alpha value is -0.730. The third kappa shape index (κ3) is 4.97. The van der Waals surface area contributed by atoms with Crippen molar-refractivity contribution in [2.24, 2.45) is 0 Å². The third-order valence-electron chi connectivity index (χ3n) is 2.64. The molecule has 2 nitrogen and oxygen atoms in total. The smallest absolute Gasteiger partial charge is 0.125 e. The number of methoxy groups -OCH3 is 1. The summed E-state index contributed by atoms with van der Waals surface area (Å²) in [5, 5.41) is 3.51. The number of halogens is 1. The fourth-order valence-electron chi connectivity index (χ4n) is 2.12. The van der Waals surface area contributed by atoms with Crippen molar-refractivity contribution >= 4 is 12.4 Å². The van der Waals surface area contributed by atoms with Crippen molar-refractivity contribution in [3.63, 3.8) is 0 Å². The van der Waals surface area contributed by atoms with Crippen LogP contribution in [0, 0.1) is 6.92 Å². The molecule has 0 radical (unpaired) electrons. The van der Waals surface area contributed by atoms with Crippen molar-refractivity contribution < 1.29 is 4.74 Å². The van der Waals surface area contributed by atoms with Gasteiger partial charge in [0.05, 0.1) is 7.11 Å². The number of aryl methyl sites for hydroxylation is 1. The molecule has 0 aliphatic carbocycles. The zero-order valence-corrected chi connectivity index (χ0v) is 12.2. The largest absolute Gasteiger partial charge is 0.496 e. The first-order valence-corrected chi connectivity index (χ1v) is 5.93. The minimum absolute atomic E-state index is 0. The van der Waals surface area contributed by atoms with E-state index in [0.29, 0.717) is 12.1 Å². The molecular weight excluding hydrogens is 234 g/mol. The van der Waals surface area contributed by atoms with Crippen LogP contribution in [0.4, 0.5) is 0 Å². The first kappa shape index (κ1) is 16.3. The molecule has 1 aromatic rings. The van der Waals surface area contributed by atoms with E-state index >= 15 is 0 Å². The first-order valence-electron chi connectivity index (χ1n) is 5.93. The van der Waals surface area contributed by atoms with Crippen LogP contribution in [0.25, 0.3) is 0 Å². The molecule has 0 bridgehead atoms. The van der Waals surface area contributed by atoms with Gasteiger partial charge in [0, 0.05) is 12.1 Å². The second-order valence-corrected chi connectivity index (χ2v) is 4.69. The Morgan fingerprint density at radius 3 is 2.41 bits per heavy atom. The quantitative estimate of drug-likeness (QED) is 0.874. The molecule has 0 amide bonds. The summed E-state index contributed by atoms with van der Waals surface area (Å²) in [6, 6.07) is 7.31. The Morgan fingerprint density at radius 1 is 1.24 bits per heavy atom. The summed E-state index contributed by atoms with van der Waals surface area (Å²) in [4.78, 5) is 0. The maximum Gasteiger partial charge on any atom is 0.125 e. The molecule has 0 aliphatic heterocycles. The highest BCUT2D eigenvalue weighted by atomic mass is 35.5. The second kappa shape index (κ2) is 7.57. The van der Waals surface area contributed by atoms with Gasteiger partial charge in [0.1, 0.15) is 5.75 Å². The highest BCUT2D eigenvalue weighted by Crippen LogP contribution is 2.24. The molecule has 0 saturated heterocycles. The molecule has 98 valence electrons. The van der Waals surface area contributed by atoms with Gasteiger partial charge in [0.25, 0.3) is 0 Å². The fourth-order valence-corrected chi connectivity index (χ4v) is 2.12. The Kier molecular flexibility index (Phi) is 7.24. The summed E-state index contributed by atoms with van der Waals surface area (Å²) in [7, 11) is 1.74. The average molecular weight is 258 g/mol. The van der Waals surface area contributed by atoms with Gasteiger partial charge in [-0.25, -0.2) is 0 Å². The number of rotatable bonds is 5. The fraction of sp³-hybridized carbons (Fsp3) is 0.571. The van der Waals surface area contributed by atoms with Gasteiger partial charge in [0.2, 0.25) is 0 Å². The van der Waals surface area contributed by atoms with E-state index in [1.165, 1.54) is 11.1 Å². The van der Waals surface area contributed by atoms with E-state index in [-0.39, 0.29) is 12.4 Å². The SMILES string of the molecule is COc1c(C)cccc1CC(C)NC(C)C.Cl. The van der Waals surface area contributed by atoms with Crippen LogP contribution >= 0.6 is 12.4 Å². The van der Waals surface area contributed by atoms with Crippen LogP contribution in [0.3, 0.4) is 0 Å². The number of benzene rings is 1. The summed E-state index contributed by atoms with van der Waals surface area (Å²) < 4.78 is 5.45. The highest BCUT2D eigenvalue weighted by molar-refractivity contribution is 5.85. The molecule has 0 heterocycles. The third-order valence-corrected chi connectivity index (χ3v) is 2.64. The molecule has 1 rings (SSSR count). The van der Waals surface area contributed by atoms with Crippen LogP contribution < -0.4 is 10.1 Å². The summed E-state index contributed by atoms with van der Waals surface area (Å²) in [5.41, 5.74) is 2.49. The van der Waals surface area contributed by atoms with Crippen molar-refractivity contribution in [2.45, 2.75) is 46.2 Å². The van der Waals surface area contributed by atoms with Crippen LogP contribution in [0.1, 0.15) is 31.9 Å². The van der Waals surface area contributed by atoms with Gasteiger partial charge in [-0.1, -0.05) is 32.0 Å². The molecular formula is C14H24ClNO. The van der Waals surface area contributed by atoms with E-state index < -0.39 is 0 Å². The van der Waals surface area contributed by atoms with Gasteiger partial charge in [-0.3, -0.25) is 0 Å². The summed E-state index contributed by atoms with van der Waals surface area (Å²) >= 11 is 0. The predicted octanol–water partition coefficient (Wildman–Crippen LogP) is 3.35. The lowest BCUT2D eigenvalue weighted by molar-refractivity contribution is 0.401. The monoisotopic (exact) mass is 257 g/mol. The first-order chi connectivity index (χ1) is 7.54. The predicted molar refractivity (Wildman–Crippen MR) is 76.4 cm³/mol. The van der Waals surface area contributed by atoms with Crippen molar-refractivity contribution in [2.75, 3.05) is 7.11 Å². The molecule has 3 heteroatoms. The van der Waals surface area contributed by atoms with Gasteiger partial charge < -0.3 is 10.1 Å². The van der Waals surface area contributed by atoms with Crippen molar-refractivity contribution in [3.05, 3.63) is 29.3 Å². The molecule has 1 atom stereocenters. The van der Waals surface area contributed by atoms with Crippen LogP contribution in [0.5, 0.6) is 5.75 Å². The Balaban J connectivity index is 0.00000256. The zero-order valence-electron chi connectivity index (χ0n) is 11.4. The molecule has 0 spiro atoms. The van der Waals surface area contributed by atoms with E-state index in [9.17, 15) is 0 Å². The van der Waals surface area contributed by atoms with E-state index in [1.54, 1.807) is 7.11 Å². The molecule has 0 aromatic heterocycles. The van der Waals surface area contributed by atoms with Gasteiger partial charge in [-0.2, -0.15) is 0 Å². The second-order valence-electron chi connectivity index (χ2n) is 4.69. The molecule has 17 heavy (non-hydrogen) atoms.